The van der Waals surface area contributed by atoms with Crippen LogP contribution in [-0.4, -0.2) is 18.0 Å². The molecule has 6 nitrogen and oxygen atoms in total. The molecule has 0 spiro atoms. The molecular weight excluding hydrogens is 260 g/mol. The van der Waals surface area contributed by atoms with Gasteiger partial charge in [0.05, 0.1) is 22.7 Å². The fourth-order valence-corrected chi connectivity index (χ4v) is 2.80. The molecule has 2 aromatic rings. The first-order valence-corrected chi connectivity index (χ1v) is 6.68. The van der Waals surface area contributed by atoms with E-state index in [1.54, 1.807) is 0 Å². The van der Waals surface area contributed by atoms with Gasteiger partial charge in [0.15, 0.2) is 0 Å². The van der Waals surface area contributed by atoms with E-state index < -0.39 is 10.0 Å². The maximum absolute atomic E-state index is 11.9. The minimum absolute atomic E-state index is 0.0879. The van der Waals surface area contributed by atoms with Crippen molar-refractivity contribution in [3.63, 3.8) is 0 Å². The summed E-state index contributed by atoms with van der Waals surface area (Å²) in [6, 6.07) is 7.55. The van der Waals surface area contributed by atoms with Crippen molar-refractivity contribution in [2.75, 3.05) is 4.72 Å². The molecule has 17 heavy (non-hydrogen) atoms. The highest BCUT2D eigenvalue weighted by atomic mass is 32.2. The van der Waals surface area contributed by atoms with E-state index in [4.69, 9.17) is 5.26 Å². The number of rotatable bonds is 3. The van der Waals surface area contributed by atoms with E-state index in [2.05, 4.69) is 14.3 Å². The van der Waals surface area contributed by atoms with Crippen LogP contribution in [0, 0.1) is 11.3 Å². The third-order valence-electron chi connectivity index (χ3n) is 1.89. The lowest BCUT2D eigenvalue weighted by molar-refractivity contribution is 0.601. The normalized spacial score (nSPS) is 10.8. The molecule has 0 unspecified atom stereocenters. The topological polar surface area (TPSA) is 95.7 Å². The molecule has 1 heterocycles. The van der Waals surface area contributed by atoms with Crippen molar-refractivity contribution in [2.24, 2.45) is 0 Å². The maximum atomic E-state index is 11.9. The van der Waals surface area contributed by atoms with E-state index in [9.17, 15) is 8.42 Å². The van der Waals surface area contributed by atoms with Crippen LogP contribution in [0.25, 0.3) is 0 Å². The Morgan fingerprint density at radius 2 is 2.00 bits per heavy atom. The fourth-order valence-electron chi connectivity index (χ4n) is 1.11. The Labute approximate surface area is 102 Å². The molecule has 1 aromatic heterocycles. The van der Waals surface area contributed by atoms with Gasteiger partial charge < -0.3 is 0 Å². The largest absolute Gasteiger partial charge is 0.268 e. The Morgan fingerprint density at radius 1 is 1.29 bits per heavy atom. The Morgan fingerprint density at radius 3 is 2.53 bits per heavy atom. The van der Waals surface area contributed by atoms with E-state index in [-0.39, 0.29) is 4.90 Å². The van der Waals surface area contributed by atoms with Gasteiger partial charge in [0.25, 0.3) is 10.0 Å². The summed E-state index contributed by atoms with van der Waals surface area (Å²) in [6.07, 6.45) is 1.33. The number of nitriles is 1. The van der Waals surface area contributed by atoms with Gasteiger partial charge in [-0.3, -0.25) is 4.72 Å². The second-order valence-corrected chi connectivity index (χ2v) is 5.49. The van der Waals surface area contributed by atoms with Gasteiger partial charge in [-0.15, -0.1) is 5.10 Å². The lowest BCUT2D eigenvalue weighted by Gasteiger charge is -2.04. The minimum Gasteiger partial charge on any atom is -0.268 e. The monoisotopic (exact) mass is 266 g/mol. The molecule has 8 heteroatoms. The minimum atomic E-state index is -3.64. The molecule has 2 rings (SSSR count). The van der Waals surface area contributed by atoms with Gasteiger partial charge in [0.1, 0.15) is 5.00 Å². The Kier molecular flexibility index (Phi) is 3.03. The fraction of sp³-hybridized carbons (Fsp3) is 0. The summed E-state index contributed by atoms with van der Waals surface area (Å²) in [7, 11) is -3.64. The van der Waals surface area contributed by atoms with Gasteiger partial charge in [-0.25, -0.2) is 8.42 Å². The smallest absolute Gasteiger partial charge is 0.262 e. The number of aromatic nitrogens is 2. The number of hydrogen-bond acceptors (Lipinski definition) is 6. The summed E-state index contributed by atoms with van der Waals surface area (Å²) in [5.41, 5.74) is 0.406. The van der Waals surface area contributed by atoms with Crippen molar-refractivity contribution in [1.82, 2.24) is 9.59 Å². The van der Waals surface area contributed by atoms with E-state index in [0.29, 0.717) is 10.6 Å². The van der Waals surface area contributed by atoms with Crippen LogP contribution in [0.2, 0.25) is 0 Å². The van der Waals surface area contributed by atoms with Crippen molar-refractivity contribution in [1.29, 1.82) is 5.26 Å². The zero-order chi connectivity index (χ0) is 12.3. The lowest BCUT2D eigenvalue weighted by atomic mass is 10.2. The van der Waals surface area contributed by atoms with Crippen molar-refractivity contribution >= 4 is 26.6 Å². The molecule has 0 amide bonds. The molecule has 0 aliphatic carbocycles. The van der Waals surface area contributed by atoms with Gasteiger partial charge in [-0.05, 0) is 24.3 Å². The molecule has 86 valence electrons. The molecule has 1 N–H and O–H groups in total. The predicted molar refractivity (Wildman–Crippen MR) is 61.9 cm³/mol. The Bertz CT molecular complexity index is 641. The van der Waals surface area contributed by atoms with Crippen LogP contribution in [0.5, 0.6) is 0 Å². The van der Waals surface area contributed by atoms with Crippen molar-refractivity contribution in [3.05, 3.63) is 36.0 Å². The van der Waals surface area contributed by atoms with Gasteiger partial charge in [0, 0.05) is 11.5 Å². The van der Waals surface area contributed by atoms with Crippen molar-refractivity contribution < 1.29 is 8.42 Å². The zero-order valence-corrected chi connectivity index (χ0v) is 9.99. The highest BCUT2D eigenvalue weighted by Gasteiger charge is 2.14. The summed E-state index contributed by atoms with van der Waals surface area (Å²) in [5.74, 6) is 0. The second-order valence-electron chi connectivity index (χ2n) is 3.02. The van der Waals surface area contributed by atoms with E-state index in [0.717, 1.165) is 11.5 Å². The first-order chi connectivity index (χ1) is 8.12. The summed E-state index contributed by atoms with van der Waals surface area (Å²) >= 11 is 0.948. The summed E-state index contributed by atoms with van der Waals surface area (Å²) in [4.78, 5) is 0.0879. The molecule has 0 bridgehead atoms. The predicted octanol–water partition coefficient (Wildman–Crippen LogP) is 1.21. The number of nitrogens with one attached hydrogen (secondary N) is 1. The average Bonchev–Trinajstić information content (AvgIpc) is 2.81. The van der Waals surface area contributed by atoms with Crippen LogP contribution in [0.1, 0.15) is 5.56 Å². The number of anilines is 1. The summed E-state index contributed by atoms with van der Waals surface area (Å²) in [6.45, 7) is 0. The summed E-state index contributed by atoms with van der Waals surface area (Å²) < 4.78 is 29.6. The lowest BCUT2D eigenvalue weighted by Crippen LogP contribution is -2.11. The van der Waals surface area contributed by atoms with E-state index >= 15 is 0 Å². The number of benzene rings is 1. The van der Waals surface area contributed by atoms with E-state index in [1.807, 2.05) is 6.07 Å². The number of hydrogen-bond donors (Lipinski definition) is 1. The van der Waals surface area contributed by atoms with Crippen LogP contribution >= 0.6 is 11.5 Å². The second kappa shape index (κ2) is 4.48. The SMILES string of the molecule is N#Cc1ccc(S(=O)(=O)Nc2cnns2)cc1. The Balaban J connectivity index is 2.29. The number of nitrogens with zero attached hydrogens (tertiary/aromatic N) is 3. The molecular formula is C9H6N4O2S2. The molecule has 0 fully saturated rings. The molecule has 0 aliphatic heterocycles. The summed E-state index contributed by atoms with van der Waals surface area (Å²) in [5, 5.41) is 12.5. The molecule has 0 atom stereocenters. The van der Waals surface area contributed by atoms with Crippen LogP contribution in [0.4, 0.5) is 5.00 Å². The Hall–Kier alpha value is -1.98. The first kappa shape index (κ1) is 11.5. The standard InChI is InChI=1S/C9H6N4O2S2/c10-5-7-1-3-8(4-2-7)17(14,15)12-9-6-11-13-16-9/h1-4,6,12H. The van der Waals surface area contributed by atoms with Gasteiger partial charge >= 0.3 is 0 Å². The van der Waals surface area contributed by atoms with Crippen LogP contribution in [0.3, 0.4) is 0 Å². The molecule has 0 aliphatic rings. The van der Waals surface area contributed by atoms with Gasteiger partial charge in [-0.1, -0.05) is 4.49 Å². The van der Waals surface area contributed by atoms with E-state index in [1.165, 1.54) is 30.5 Å². The molecule has 0 saturated carbocycles. The van der Waals surface area contributed by atoms with Gasteiger partial charge in [0.2, 0.25) is 0 Å². The average molecular weight is 266 g/mol. The highest BCUT2D eigenvalue weighted by molar-refractivity contribution is 7.93. The van der Waals surface area contributed by atoms with Crippen LogP contribution in [0.15, 0.2) is 35.4 Å². The zero-order valence-electron chi connectivity index (χ0n) is 8.36. The quantitative estimate of drug-likeness (QED) is 0.900. The number of sulfonamides is 1. The van der Waals surface area contributed by atoms with Crippen molar-refractivity contribution in [3.8, 4) is 6.07 Å². The third kappa shape index (κ3) is 2.58. The third-order valence-corrected chi connectivity index (χ3v) is 3.98. The maximum Gasteiger partial charge on any atom is 0.262 e. The van der Waals surface area contributed by atoms with Crippen LogP contribution < -0.4 is 4.72 Å². The molecule has 0 radical (unpaired) electrons. The van der Waals surface area contributed by atoms with Gasteiger partial charge in [-0.2, -0.15) is 5.26 Å². The van der Waals surface area contributed by atoms with Crippen LogP contribution in [-0.2, 0) is 10.0 Å². The molecule has 1 aromatic carbocycles. The van der Waals surface area contributed by atoms with Crippen molar-refractivity contribution in [2.45, 2.75) is 4.90 Å². The molecule has 0 saturated heterocycles. The highest BCUT2D eigenvalue weighted by Crippen LogP contribution is 2.17. The first-order valence-electron chi connectivity index (χ1n) is 4.42.